The van der Waals surface area contributed by atoms with Crippen LogP contribution < -0.4 is 5.32 Å². The average Bonchev–Trinajstić information content (AvgIpc) is 2.55. The van der Waals surface area contributed by atoms with E-state index in [1.54, 1.807) is 12.3 Å². The first-order valence-corrected chi connectivity index (χ1v) is 6.62. The molecular weight excluding hydrogens is 228 g/mol. The SMILES string of the molecule is CC1CCCCCC1Nc1cnccc1C(=O)O. The summed E-state index contributed by atoms with van der Waals surface area (Å²) in [6.45, 7) is 2.24. The minimum atomic E-state index is -0.902. The van der Waals surface area contributed by atoms with Crippen molar-refractivity contribution in [2.45, 2.75) is 45.1 Å². The van der Waals surface area contributed by atoms with Crippen LogP contribution >= 0.6 is 0 Å². The average molecular weight is 248 g/mol. The van der Waals surface area contributed by atoms with Gasteiger partial charge in [-0.3, -0.25) is 4.98 Å². The Balaban J connectivity index is 2.14. The van der Waals surface area contributed by atoms with Gasteiger partial charge in [0.2, 0.25) is 0 Å². The number of hydrogen-bond donors (Lipinski definition) is 2. The van der Waals surface area contributed by atoms with E-state index in [0.717, 1.165) is 6.42 Å². The molecule has 0 aliphatic heterocycles. The van der Waals surface area contributed by atoms with Gasteiger partial charge >= 0.3 is 5.97 Å². The van der Waals surface area contributed by atoms with E-state index in [1.165, 1.54) is 31.9 Å². The molecule has 1 aromatic heterocycles. The smallest absolute Gasteiger partial charge is 0.337 e. The van der Waals surface area contributed by atoms with E-state index in [9.17, 15) is 4.79 Å². The standard InChI is InChI=1S/C14H20N2O2/c1-10-5-3-2-4-6-12(10)16-13-9-15-8-7-11(13)14(17)18/h7-10,12,16H,2-6H2,1H3,(H,17,18). The van der Waals surface area contributed by atoms with E-state index in [2.05, 4.69) is 17.2 Å². The first-order valence-electron chi connectivity index (χ1n) is 6.62. The third kappa shape index (κ3) is 3.00. The van der Waals surface area contributed by atoms with Crippen molar-refractivity contribution in [3.8, 4) is 0 Å². The highest BCUT2D eigenvalue weighted by molar-refractivity contribution is 5.93. The van der Waals surface area contributed by atoms with Crippen LogP contribution in [0.1, 0.15) is 49.4 Å². The fraction of sp³-hybridized carbons (Fsp3) is 0.571. The minimum Gasteiger partial charge on any atom is -0.478 e. The second kappa shape index (κ2) is 5.85. The summed E-state index contributed by atoms with van der Waals surface area (Å²) < 4.78 is 0. The molecule has 1 aromatic rings. The molecule has 2 N–H and O–H groups in total. The zero-order chi connectivity index (χ0) is 13.0. The molecule has 0 saturated heterocycles. The number of hydrogen-bond acceptors (Lipinski definition) is 3. The molecule has 2 rings (SSSR count). The lowest BCUT2D eigenvalue weighted by molar-refractivity contribution is 0.0697. The largest absolute Gasteiger partial charge is 0.478 e. The van der Waals surface area contributed by atoms with Gasteiger partial charge in [-0.25, -0.2) is 4.79 Å². The van der Waals surface area contributed by atoms with Gasteiger partial charge in [0.1, 0.15) is 0 Å². The van der Waals surface area contributed by atoms with Crippen molar-refractivity contribution >= 4 is 11.7 Å². The molecule has 1 fully saturated rings. The summed E-state index contributed by atoms with van der Waals surface area (Å²) in [4.78, 5) is 15.2. The zero-order valence-electron chi connectivity index (χ0n) is 10.7. The van der Waals surface area contributed by atoms with Gasteiger partial charge in [0.25, 0.3) is 0 Å². The van der Waals surface area contributed by atoms with Crippen molar-refractivity contribution in [2.24, 2.45) is 5.92 Å². The van der Waals surface area contributed by atoms with Crippen molar-refractivity contribution in [3.05, 3.63) is 24.0 Å². The minimum absolute atomic E-state index is 0.307. The van der Waals surface area contributed by atoms with Gasteiger partial charge in [-0.1, -0.05) is 26.2 Å². The lowest BCUT2D eigenvalue weighted by Crippen LogP contribution is -2.27. The van der Waals surface area contributed by atoms with Crippen LogP contribution in [-0.2, 0) is 0 Å². The Bertz CT molecular complexity index is 420. The van der Waals surface area contributed by atoms with Crippen LogP contribution in [0, 0.1) is 5.92 Å². The molecule has 1 saturated carbocycles. The highest BCUT2D eigenvalue weighted by Crippen LogP contribution is 2.26. The molecule has 0 amide bonds. The van der Waals surface area contributed by atoms with Crippen molar-refractivity contribution in [2.75, 3.05) is 5.32 Å². The molecule has 0 spiro atoms. The van der Waals surface area contributed by atoms with Crippen LogP contribution in [0.3, 0.4) is 0 Å². The highest BCUT2D eigenvalue weighted by atomic mass is 16.4. The summed E-state index contributed by atoms with van der Waals surface area (Å²) in [7, 11) is 0. The Labute approximate surface area is 107 Å². The fourth-order valence-electron chi connectivity index (χ4n) is 2.60. The fourth-order valence-corrected chi connectivity index (χ4v) is 2.60. The third-order valence-corrected chi connectivity index (χ3v) is 3.75. The topological polar surface area (TPSA) is 62.2 Å². The number of nitrogens with one attached hydrogen (secondary N) is 1. The number of anilines is 1. The summed E-state index contributed by atoms with van der Waals surface area (Å²) in [5.41, 5.74) is 0.949. The van der Waals surface area contributed by atoms with Gasteiger partial charge in [-0.2, -0.15) is 0 Å². The molecular formula is C14H20N2O2. The van der Waals surface area contributed by atoms with Gasteiger partial charge in [-0.05, 0) is 24.8 Å². The van der Waals surface area contributed by atoms with E-state index < -0.39 is 5.97 Å². The molecule has 2 unspecified atom stereocenters. The van der Waals surface area contributed by atoms with Crippen molar-refractivity contribution in [1.29, 1.82) is 0 Å². The molecule has 4 nitrogen and oxygen atoms in total. The first-order chi connectivity index (χ1) is 8.68. The van der Waals surface area contributed by atoms with E-state index in [-0.39, 0.29) is 0 Å². The lowest BCUT2D eigenvalue weighted by atomic mass is 9.96. The lowest BCUT2D eigenvalue weighted by Gasteiger charge is -2.24. The van der Waals surface area contributed by atoms with Crippen molar-refractivity contribution in [1.82, 2.24) is 4.98 Å². The maximum absolute atomic E-state index is 11.1. The van der Waals surface area contributed by atoms with Crippen LogP contribution in [0.4, 0.5) is 5.69 Å². The Kier molecular flexibility index (Phi) is 4.18. The molecule has 4 heteroatoms. The number of rotatable bonds is 3. The summed E-state index contributed by atoms with van der Waals surface area (Å²) in [5, 5.41) is 12.5. The Morgan fingerprint density at radius 1 is 1.39 bits per heavy atom. The van der Waals surface area contributed by atoms with Gasteiger partial charge in [0, 0.05) is 12.2 Å². The summed E-state index contributed by atoms with van der Waals surface area (Å²) in [5.74, 6) is -0.324. The van der Waals surface area contributed by atoms with E-state index in [0.29, 0.717) is 23.2 Å². The van der Waals surface area contributed by atoms with Crippen LogP contribution in [0.2, 0.25) is 0 Å². The van der Waals surface area contributed by atoms with Gasteiger partial charge in [0.05, 0.1) is 17.4 Å². The maximum atomic E-state index is 11.1. The second-order valence-corrected chi connectivity index (χ2v) is 5.09. The Hall–Kier alpha value is -1.58. The molecule has 0 aromatic carbocycles. The molecule has 98 valence electrons. The number of aromatic carboxylic acids is 1. The number of carboxylic acids is 1. The second-order valence-electron chi connectivity index (χ2n) is 5.09. The normalized spacial score (nSPS) is 24.3. The summed E-state index contributed by atoms with van der Waals surface area (Å²) >= 11 is 0. The van der Waals surface area contributed by atoms with Crippen LogP contribution in [0.5, 0.6) is 0 Å². The Morgan fingerprint density at radius 3 is 2.94 bits per heavy atom. The van der Waals surface area contributed by atoms with Crippen LogP contribution in [0.15, 0.2) is 18.5 Å². The van der Waals surface area contributed by atoms with E-state index in [1.807, 2.05) is 0 Å². The maximum Gasteiger partial charge on any atom is 0.337 e. The van der Waals surface area contributed by atoms with E-state index >= 15 is 0 Å². The molecule has 0 radical (unpaired) electrons. The Morgan fingerprint density at radius 2 is 2.17 bits per heavy atom. The number of carboxylic acid groups (broad SMARTS) is 1. The van der Waals surface area contributed by atoms with E-state index in [4.69, 9.17) is 5.11 Å². The number of nitrogens with zero attached hydrogens (tertiary/aromatic N) is 1. The highest BCUT2D eigenvalue weighted by Gasteiger charge is 2.21. The van der Waals surface area contributed by atoms with Crippen molar-refractivity contribution < 1.29 is 9.90 Å². The predicted octanol–water partition coefficient (Wildman–Crippen LogP) is 3.16. The van der Waals surface area contributed by atoms with Gasteiger partial charge in [0.15, 0.2) is 0 Å². The number of pyridine rings is 1. The molecule has 2 atom stereocenters. The van der Waals surface area contributed by atoms with Crippen molar-refractivity contribution in [3.63, 3.8) is 0 Å². The monoisotopic (exact) mass is 248 g/mol. The number of aromatic nitrogens is 1. The molecule has 1 aliphatic carbocycles. The quantitative estimate of drug-likeness (QED) is 0.806. The zero-order valence-corrected chi connectivity index (χ0v) is 10.7. The summed E-state index contributed by atoms with van der Waals surface area (Å²) in [6, 6.07) is 1.90. The predicted molar refractivity (Wildman–Crippen MR) is 70.9 cm³/mol. The molecule has 1 heterocycles. The van der Waals surface area contributed by atoms with Gasteiger partial charge in [-0.15, -0.1) is 0 Å². The molecule has 0 bridgehead atoms. The molecule has 18 heavy (non-hydrogen) atoms. The van der Waals surface area contributed by atoms with Crippen LogP contribution in [-0.4, -0.2) is 22.1 Å². The first kappa shape index (κ1) is 12.9. The third-order valence-electron chi connectivity index (χ3n) is 3.75. The molecule has 1 aliphatic rings. The van der Waals surface area contributed by atoms with Gasteiger partial charge < -0.3 is 10.4 Å². The van der Waals surface area contributed by atoms with Crippen LogP contribution in [0.25, 0.3) is 0 Å². The summed E-state index contributed by atoms with van der Waals surface area (Å²) in [6.07, 6.45) is 9.21. The number of carbonyl (C=O) groups is 1.